The molecule has 0 aromatic heterocycles. The van der Waals surface area contributed by atoms with Crippen molar-refractivity contribution in [3.8, 4) is 0 Å². The molecule has 146 valence electrons. The predicted octanol–water partition coefficient (Wildman–Crippen LogP) is 4.52. The highest BCUT2D eigenvalue weighted by molar-refractivity contribution is 6.05. The lowest BCUT2D eigenvalue weighted by Gasteiger charge is -2.08. The third kappa shape index (κ3) is 7.62. The van der Waals surface area contributed by atoms with E-state index < -0.39 is 0 Å². The zero-order chi connectivity index (χ0) is 20.2. The molecule has 2 N–H and O–H groups in total. The highest BCUT2D eigenvalue weighted by Crippen LogP contribution is 2.04. The van der Waals surface area contributed by atoms with Crippen LogP contribution in [0.25, 0.3) is 0 Å². The van der Waals surface area contributed by atoms with Gasteiger partial charge in [-0.2, -0.15) is 0 Å². The fraction of sp³-hybridized carbons (Fsp3) is 0.250. The Labute approximate surface area is 167 Å². The summed E-state index contributed by atoms with van der Waals surface area (Å²) < 4.78 is 0. The van der Waals surface area contributed by atoms with Gasteiger partial charge in [-0.25, -0.2) is 0 Å². The Bertz CT molecular complexity index is 753. The fourth-order valence-electron chi connectivity index (χ4n) is 2.69. The first-order chi connectivity index (χ1) is 13.6. The maximum Gasteiger partial charge on any atom is 0.187 e. The van der Waals surface area contributed by atoms with Crippen molar-refractivity contribution in [3.05, 3.63) is 95.3 Å². The van der Waals surface area contributed by atoms with E-state index in [4.69, 9.17) is 0 Å². The number of unbranched alkanes of at least 4 members (excludes halogenated alkanes) is 1. The number of benzene rings is 2. The molecular formula is C24H28N2O2. The molecule has 0 aliphatic carbocycles. The first kappa shape index (κ1) is 21.2. The minimum Gasteiger partial charge on any atom is -0.388 e. The average Bonchev–Trinajstić information content (AvgIpc) is 2.71. The van der Waals surface area contributed by atoms with Gasteiger partial charge in [0.2, 0.25) is 0 Å². The number of carbonyl (C=O) groups is 2. The van der Waals surface area contributed by atoms with Crippen molar-refractivity contribution in [2.24, 2.45) is 0 Å². The largest absolute Gasteiger partial charge is 0.388 e. The summed E-state index contributed by atoms with van der Waals surface area (Å²) in [6.45, 7) is 5.41. The van der Waals surface area contributed by atoms with E-state index in [2.05, 4.69) is 10.6 Å². The van der Waals surface area contributed by atoms with Crippen LogP contribution < -0.4 is 10.6 Å². The van der Waals surface area contributed by atoms with Gasteiger partial charge < -0.3 is 10.6 Å². The average molecular weight is 377 g/mol. The molecule has 0 aliphatic heterocycles. The van der Waals surface area contributed by atoms with Gasteiger partial charge in [0.15, 0.2) is 11.6 Å². The van der Waals surface area contributed by atoms with Crippen molar-refractivity contribution in [1.82, 2.24) is 10.6 Å². The summed E-state index contributed by atoms with van der Waals surface area (Å²) in [6.07, 6.45) is 5.21. The molecule has 2 aromatic rings. The quantitative estimate of drug-likeness (QED) is 0.344. The SMILES string of the molecule is CC(=CC(=O)c1ccccc1)NCCCCNC(C)=CC(=O)c1ccccc1. The van der Waals surface area contributed by atoms with E-state index in [9.17, 15) is 9.59 Å². The lowest BCUT2D eigenvalue weighted by atomic mass is 10.1. The van der Waals surface area contributed by atoms with Gasteiger partial charge in [-0.05, 0) is 26.7 Å². The van der Waals surface area contributed by atoms with Gasteiger partial charge in [-0.3, -0.25) is 9.59 Å². The molecule has 28 heavy (non-hydrogen) atoms. The Balaban J connectivity index is 1.63. The van der Waals surface area contributed by atoms with Crippen LogP contribution in [0.4, 0.5) is 0 Å². The first-order valence-corrected chi connectivity index (χ1v) is 9.59. The summed E-state index contributed by atoms with van der Waals surface area (Å²) in [6, 6.07) is 18.5. The van der Waals surface area contributed by atoms with Crippen LogP contribution in [-0.2, 0) is 0 Å². The number of nitrogens with one attached hydrogen (secondary N) is 2. The molecule has 0 spiro atoms. The number of rotatable bonds is 11. The predicted molar refractivity (Wildman–Crippen MR) is 114 cm³/mol. The minimum atomic E-state index is 0.0103. The van der Waals surface area contributed by atoms with E-state index in [-0.39, 0.29) is 11.6 Å². The lowest BCUT2D eigenvalue weighted by Crippen LogP contribution is -2.18. The molecule has 0 amide bonds. The van der Waals surface area contributed by atoms with Crippen molar-refractivity contribution in [2.75, 3.05) is 13.1 Å². The van der Waals surface area contributed by atoms with Gasteiger partial charge in [0.1, 0.15) is 0 Å². The van der Waals surface area contributed by atoms with Crippen LogP contribution in [0.15, 0.2) is 84.2 Å². The molecule has 0 aliphatic rings. The number of carbonyl (C=O) groups excluding carboxylic acids is 2. The van der Waals surface area contributed by atoms with Crippen LogP contribution >= 0.6 is 0 Å². The van der Waals surface area contributed by atoms with E-state index in [1.165, 1.54) is 0 Å². The molecule has 0 unspecified atom stereocenters. The summed E-state index contributed by atoms with van der Waals surface area (Å²) in [5.41, 5.74) is 3.12. The third-order valence-electron chi connectivity index (χ3n) is 4.22. The number of allylic oxidation sites excluding steroid dienone is 4. The molecule has 0 radical (unpaired) electrons. The topological polar surface area (TPSA) is 58.2 Å². The Kier molecular flexibility index (Phi) is 8.73. The molecule has 0 saturated carbocycles. The van der Waals surface area contributed by atoms with Crippen molar-refractivity contribution in [2.45, 2.75) is 26.7 Å². The highest BCUT2D eigenvalue weighted by atomic mass is 16.1. The smallest absolute Gasteiger partial charge is 0.187 e. The molecule has 4 nitrogen and oxygen atoms in total. The van der Waals surface area contributed by atoms with E-state index in [0.29, 0.717) is 11.1 Å². The van der Waals surface area contributed by atoms with Crippen LogP contribution in [0.3, 0.4) is 0 Å². The van der Waals surface area contributed by atoms with Crippen LogP contribution in [0, 0.1) is 0 Å². The second-order valence-corrected chi connectivity index (χ2v) is 6.68. The second kappa shape index (κ2) is 11.5. The molecule has 0 bridgehead atoms. The third-order valence-corrected chi connectivity index (χ3v) is 4.22. The normalized spacial score (nSPS) is 11.8. The molecule has 0 fully saturated rings. The Morgan fingerprint density at radius 3 is 1.39 bits per heavy atom. The van der Waals surface area contributed by atoms with E-state index in [0.717, 1.165) is 37.3 Å². The summed E-state index contributed by atoms with van der Waals surface area (Å²) in [5, 5.41) is 6.54. The fourth-order valence-corrected chi connectivity index (χ4v) is 2.69. The molecule has 0 saturated heterocycles. The number of hydrogen-bond donors (Lipinski definition) is 2. The maximum absolute atomic E-state index is 12.1. The van der Waals surface area contributed by atoms with Crippen molar-refractivity contribution < 1.29 is 9.59 Å². The summed E-state index contributed by atoms with van der Waals surface area (Å²) >= 11 is 0. The Morgan fingerprint density at radius 2 is 1.04 bits per heavy atom. The van der Waals surface area contributed by atoms with E-state index in [1.54, 1.807) is 12.2 Å². The maximum atomic E-state index is 12.1. The number of ketones is 2. The zero-order valence-corrected chi connectivity index (χ0v) is 16.6. The summed E-state index contributed by atoms with van der Waals surface area (Å²) in [5.74, 6) is 0.0206. The molecule has 2 aromatic carbocycles. The van der Waals surface area contributed by atoms with Crippen molar-refractivity contribution in [1.29, 1.82) is 0 Å². The Hall–Kier alpha value is -3.14. The molecular weight excluding hydrogens is 348 g/mol. The Morgan fingerprint density at radius 1 is 0.679 bits per heavy atom. The molecule has 0 atom stereocenters. The standard InChI is InChI=1S/C24H28N2O2/c1-19(17-23(27)21-11-5-3-6-12-21)25-15-9-10-16-26-20(2)18-24(28)22-13-7-4-8-14-22/h3-8,11-14,17-18,25-26H,9-10,15-16H2,1-2H3. The summed E-state index contributed by atoms with van der Waals surface area (Å²) in [7, 11) is 0. The van der Waals surface area contributed by atoms with Gasteiger partial charge in [0, 0.05) is 47.8 Å². The van der Waals surface area contributed by atoms with Gasteiger partial charge in [-0.15, -0.1) is 0 Å². The molecule has 4 heteroatoms. The van der Waals surface area contributed by atoms with Gasteiger partial charge in [0.25, 0.3) is 0 Å². The van der Waals surface area contributed by atoms with E-state index >= 15 is 0 Å². The molecule has 2 rings (SSSR count). The second-order valence-electron chi connectivity index (χ2n) is 6.68. The van der Waals surface area contributed by atoms with Gasteiger partial charge in [0.05, 0.1) is 0 Å². The number of hydrogen-bond acceptors (Lipinski definition) is 4. The van der Waals surface area contributed by atoms with Gasteiger partial charge >= 0.3 is 0 Å². The lowest BCUT2D eigenvalue weighted by molar-refractivity contribution is 0.103. The first-order valence-electron chi connectivity index (χ1n) is 9.59. The van der Waals surface area contributed by atoms with Crippen molar-refractivity contribution in [3.63, 3.8) is 0 Å². The van der Waals surface area contributed by atoms with Crippen LogP contribution in [0.2, 0.25) is 0 Å². The van der Waals surface area contributed by atoms with Gasteiger partial charge in [-0.1, -0.05) is 60.7 Å². The minimum absolute atomic E-state index is 0.0103. The van der Waals surface area contributed by atoms with E-state index in [1.807, 2.05) is 74.5 Å². The highest BCUT2D eigenvalue weighted by Gasteiger charge is 2.03. The zero-order valence-electron chi connectivity index (χ0n) is 16.6. The van der Waals surface area contributed by atoms with Crippen LogP contribution in [0.1, 0.15) is 47.4 Å². The monoisotopic (exact) mass is 376 g/mol. The summed E-state index contributed by atoms with van der Waals surface area (Å²) in [4.78, 5) is 24.2. The van der Waals surface area contributed by atoms with Crippen LogP contribution in [-0.4, -0.2) is 24.7 Å². The van der Waals surface area contributed by atoms with Crippen molar-refractivity contribution >= 4 is 11.6 Å². The van der Waals surface area contributed by atoms with Crippen LogP contribution in [0.5, 0.6) is 0 Å². The molecule has 0 heterocycles.